The number of nitrogens with zero attached hydrogens (tertiary/aromatic N) is 2. The van der Waals surface area contributed by atoms with Gasteiger partial charge < -0.3 is 15.0 Å². The maximum atomic E-state index is 12.8. The summed E-state index contributed by atoms with van der Waals surface area (Å²) in [5, 5.41) is 15.8. The van der Waals surface area contributed by atoms with Crippen molar-refractivity contribution in [2.24, 2.45) is 7.05 Å². The lowest BCUT2D eigenvalue weighted by Gasteiger charge is -2.12. The molecule has 5 aromatic rings. The molecule has 2 N–H and O–H groups in total. The van der Waals surface area contributed by atoms with Crippen molar-refractivity contribution in [3.63, 3.8) is 0 Å². The van der Waals surface area contributed by atoms with Gasteiger partial charge in [-0.1, -0.05) is 35.3 Å². The number of aromatic nitrogens is 2. The molecule has 34 heavy (non-hydrogen) atoms. The van der Waals surface area contributed by atoms with Crippen LogP contribution in [0.4, 0.5) is 5.69 Å². The molecular formula is C25H17Cl2N3O3S. The topological polar surface area (TPSA) is 84.2 Å². The minimum Gasteiger partial charge on any atom is -0.506 e. The molecule has 0 aliphatic carbocycles. The number of carbonyl (C=O) groups excluding carboxylic acids is 1. The molecule has 0 atom stereocenters. The number of hydrogen-bond acceptors (Lipinski definition) is 6. The van der Waals surface area contributed by atoms with E-state index in [-0.39, 0.29) is 17.9 Å². The Labute approximate surface area is 208 Å². The van der Waals surface area contributed by atoms with Gasteiger partial charge in [-0.15, -0.1) is 11.3 Å². The monoisotopic (exact) mass is 509 g/mol. The molecule has 0 bridgehead atoms. The molecule has 0 radical (unpaired) electrons. The second-order valence-corrected chi connectivity index (χ2v) is 9.47. The number of aromatic hydroxyl groups is 1. The van der Waals surface area contributed by atoms with Crippen LogP contribution >= 0.6 is 34.5 Å². The van der Waals surface area contributed by atoms with Gasteiger partial charge in [0.05, 0.1) is 32.3 Å². The first-order chi connectivity index (χ1) is 16.3. The minimum atomic E-state index is -0.534. The van der Waals surface area contributed by atoms with E-state index in [0.717, 1.165) is 20.8 Å². The van der Waals surface area contributed by atoms with Crippen molar-refractivity contribution in [2.45, 2.75) is 0 Å². The lowest BCUT2D eigenvalue weighted by Crippen LogP contribution is -2.28. The number of pyridine rings is 1. The van der Waals surface area contributed by atoms with Crippen LogP contribution in [0, 0.1) is 0 Å². The third-order valence-corrected chi connectivity index (χ3v) is 7.64. The Morgan fingerprint density at radius 2 is 1.82 bits per heavy atom. The molecule has 170 valence electrons. The number of anilines is 1. The number of ketones is 1. The third kappa shape index (κ3) is 3.81. The van der Waals surface area contributed by atoms with E-state index >= 15 is 0 Å². The van der Waals surface area contributed by atoms with E-state index in [1.54, 1.807) is 37.4 Å². The summed E-state index contributed by atoms with van der Waals surface area (Å²) in [4.78, 5) is 30.2. The molecule has 0 aliphatic rings. The molecule has 0 spiro atoms. The Kier molecular flexibility index (Phi) is 5.77. The van der Waals surface area contributed by atoms with Gasteiger partial charge in [-0.25, -0.2) is 4.98 Å². The second-order valence-electron chi connectivity index (χ2n) is 7.69. The van der Waals surface area contributed by atoms with Crippen LogP contribution in [0.1, 0.15) is 10.4 Å². The van der Waals surface area contributed by atoms with Crippen LogP contribution in [-0.2, 0) is 7.05 Å². The third-order valence-electron chi connectivity index (χ3n) is 5.59. The van der Waals surface area contributed by atoms with E-state index in [1.807, 2.05) is 30.3 Å². The number of para-hydroxylation sites is 1. The van der Waals surface area contributed by atoms with Crippen molar-refractivity contribution in [3.8, 4) is 16.3 Å². The van der Waals surface area contributed by atoms with Gasteiger partial charge in [-0.05, 0) is 48.5 Å². The molecule has 9 heteroatoms. The summed E-state index contributed by atoms with van der Waals surface area (Å²) in [5.41, 5.74) is 2.16. The number of nitrogens with one attached hydrogen (secondary N) is 1. The lowest BCUT2D eigenvalue weighted by atomic mass is 10.1. The molecule has 0 saturated heterocycles. The maximum absolute atomic E-state index is 12.8. The fourth-order valence-corrected chi connectivity index (χ4v) is 5.29. The molecule has 0 unspecified atom stereocenters. The summed E-state index contributed by atoms with van der Waals surface area (Å²) in [6.07, 6.45) is 0. The van der Waals surface area contributed by atoms with Crippen LogP contribution in [0.2, 0.25) is 10.0 Å². The smallest absolute Gasteiger partial charge is 0.265 e. The SMILES string of the molecule is Cn1c(=O)c(C(=O)CNc2ccc(-c3nc4ccc(Cl)c(Cl)c4s3)cc2)c(O)c2ccccc21. The molecule has 2 aromatic heterocycles. The molecule has 6 nitrogen and oxygen atoms in total. The zero-order chi connectivity index (χ0) is 24.0. The number of Topliss-reactive ketones (excluding diaryl/α,β-unsaturated/α-hetero) is 1. The normalized spacial score (nSPS) is 11.3. The highest BCUT2D eigenvalue weighted by atomic mass is 35.5. The Balaban J connectivity index is 1.36. The number of halogens is 2. The Bertz CT molecular complexity index is 1640. The molecule has 3 aromatic carbocycles. The Morgan fingerprint density at radius 1 is 1.09 bits per heavy atom. The molecular weight excluding hydrogens is 493 g/mol. The minimum absolute atomic E-state index is 0.143. The van der Waals surface area contributed by atoms with Crippen LogP contribution in [-0.4, -0.2) is 27.0 Å². The summed E-state index contributed by atoms with van der Waals surface area (Å²) < 4.78 is 2.20. The van der Waals surface area contributed by atoms with Crippen LogP contribution < -0.4 is 10.9 Å². The first kappa shape index (κ1) is 22.4. The Hall–Kier alpha value is -3.39. The van der Waals surface area contributed by atoms with Gasteiger partial charge in [-0.2, -0.15) is 0 Å². The van der Waals surface area contributed by atoms with E-state index in [9.17, 15) is 14.7 Å². The van der Waals surface area contributed by atoms with Gasteiger partial charge in [0.25, 0.3) is 5.56 Å². The van der Waals surface area contributed by atoms with Crippen molar-refractivity contribution in [1.29, 1.82) is 0 Å². The van der Waals surface area contributed by atoms with Gasteiger partial charge in [0.1, 0.15) is 16.3 Å². The quantitative estimate of drug-likeness (QED) is 0.278. The predicted molar refractivity (Wildman–Crippen MR) is 139 cm³/mol. The predicted octanol–water partition coefficient (Wildman–Crippen LogP) is 6.12. The lowest BCUT2D eigenvalue weighted by molar-refractivity contribution is 0.100. The summed E-state index contributed by atoms with van der Waals surface area (Å²) in [6.45, 7) is -0.143. The maximum Gasteiger partial charge on any atom is 0.265 e. The zero-order valence-electron chi connectivity index (χ0n) is 17.8. The van der Waals surface area contributed by atoms with Crippen molar-refractivity contribution < 1.29 is 9.90 Å². The second kappa shape index (κ2) is 8.76. The summed E-state index contributed by atoms with van der Waals surface area (Å²) in [5.74, 6) is -0.791. The van der Waals surface area contributed by atoms with E-state index in [1.165, 1.54) is 15.9 Å². The van der Waals surface area contributed by atoms with Gasteiger partial charge in [0, 0.05) is 23.7 Å². The number of thiazole rings is 1. The fourth-order valence-electron chi connectivity index (χ4n) is 3.79. The molecule has 5 rings (SSSR count). The van der Waals surface area contributed by atoms with E-state index in [4.69, 9.17) is 23.2 Å². The molecule has 2 heterocycles. The van der Waals surface area contributed by atoms with Crippen molar-refractivity contribution in [2.75, 3.05) is 11.9 Å². The van der Waals surface area contributed by atoms with Crippen LogP contribution in [0.5, 0.6) is 5.75 Å². The first-order valence-electron chi connectivity index (χ1n) is 10.3. The zero-order valence-corrected chi connectivity index (χ0v) is 20.1. The van der Waals surface area contributed by atoms with E-state index in [0.29, 0.717) is 26.6 Å². The first-order valence-corrected chi connectivity index (χ1v) is 11.8. The molecule has 0 fully saturated rings. The number of rotatable bonds is 5. The van der Waals surface area contributed by atoms with Crippen molar-refractivity contribution in [3.05, 3.63) is 86.6 Å². The Morgan fingerprint density at radius 3 is 2.59 bits per heavy atom. The highest BCUT2D eigenvalue weighted by molar-refractivity contribution is 7.22. The van der Waals surface area contributed by atoms with E-state index in [2.05, 4.69) is 10.3 Å². The molecule has 0 amide bonds. The standard InChI is InChI=1S/C25H17Cl2N3O3S/c1-30-18-5-3-2-4-15(18)22(32)20(25(30)33)19(31)12-28-14-8-6-13(7-9-14)24-29-17-11-10-16(26)21(27)23(17)34-24/h2-11,28,32H,12H2,1H3. The number of carbonyl (C=O) groups is 1. The fraction of sp³-hybridized carbons (Fsp3) is 0.0800. The number of benzene rings is 3. The number of fused-ring (bicyclic) bond motifs is 2. The van der Waals surface area contributed by atoms with Gasteiger partial charge in [0.2, 0.25) is 0 Å². The summed E-state index contributed by atoms with van der Waals surface area (Å²) in [7, 11) is 1.58. The van der Waals surface area contributed by atoms with Crippen molar-refractivity contribution in [1.82, 2.24) is 9.55 Å². The van der Waals surface area contributed by atoms with Crippen LogP contribution in [0.25, 0.3) is 31.7 Å². The average molecular weight is 510 g/mol. The number of hydrogen-bond donors (Lipinski definition) is 2. The van der Waals surface area contributed by atoms with Gasteiger partial charge in [0.15, 0.2) is 5.78 Å². The average Bonchev–Trinajstić information content (AvgIpc) is 3.29. The molecule has 0 saturated carbocycles. The highest BCUT2D eigenvalue weighted by Gasteiger charge is 2.20. The van der Waals surface area contributed by atoms with E-state index < -0.39 is 11.3 Å². The van der Waals surface area contributed by atoms with Gasteiger partial charge >= 0.3 is 0 Å². The van der Waals surface area contributed by atoms with Crippen LogP contribution in [0.3, 0.4) is 0 Å². The highest BCUT2D eigenvalue weighted by Crippen LogP contribution is 2.38. The van der Waals surface area contributed by atoms with Crippen LogP contribution in [0.15, 0.2) is 65.5 Å². The summed E-state index contributed by atoms with van der Waals surface area (Å²) >= 11 is 13.8. The van der Waals surface area contributed by atoms with Crippen molar-refractivity contribution >= 4 is 67.1 Å². The summed E-state index contributed by atoms with van der Waals surface area (Å²) in [6, 6.07) is 17.9. The number of aryl methyl sites for hydroxylation is 1. The largest absolute Gasteiger partial charge is 0.506 e. The van der Waals surface area contributed by atoms with Gasteiger partial charge in [-0.3, -0.25) is 9.59 Å². The molecule has 0 aliphatic heterocycles.